The van der Waals surface area contributed by atoms with Crippen molar-refractivity contribution >= 4 is 23.4 Å². The molecule has 6 nitrogen and oxygen atoms in total. The van der Waals surface area contributed by atoms with E-state index in [4.69, 9.17) is 0 Å². The highest BCUT2D eigenvalue weighted by Crippen LogP contribution is 2.23. The largest absolute Gasteiger partial charge is 0.355 e. The first kappa shape index (κ1) is 20.6. The standard InChI is InChI=1S/C23H27N3O3/c1-17-8-7-11-19(22(17)23(29)26-14-5-6-15-26)25-20(27)12-13-24-21(28)16-18-9-3-2-4-10-18/h2-4,7-11H,5-6,12-16H2,1H3,(H,24,28)(H,25,27). The lowest BCUT2D eigenvalue weighted by molar-refractivity contribution is -0.120. The maximum atomic E-state index is 12.9. The molecule has 0 bridgehead atoms. The molecule has 1 saturated heterocycles. The third kappa shape index (κ3) is 5.67. The first-order chi connectivity index (χ1) is 14.0. The van der Waals surface area contributed by atoms with E-state index in [1.54, 1.807) is 6.07 Å². The maximum Gasteiger partial charge on any atom is 0.256 e. The number of amides is 3. The van der Waals surface area contributed by atoms with E-state index >= 15 is 0 Å². The lowest BCUT2D eigenvalue weighted by atomic mass is 10.0. The van der Waals surface area contributed by atoms with Crippen LogP contribution in [0.25, 0.3) is 0 Å². The lowest BCUT2D eigenvalue weighted by Crippen LogP contribution is -2.31. The number of hydrogen-bond acceptors (Lipinski definition) is 3. The Kier molecular flexibility index (Phi) is 7.00. The summed E-state index contributed by atoms with van der Waals surface area (Å²) in [5.74, 6) is -0.386. The van der Waals surface area contributed by atoms with Crippen LogP contribution in [0.1, 0.15) is 40.7 Å². The van der Waals surface area contributed by atoms with Crippen molar-refractivity contribution in [1.29, 1.82) is 0 Å². The zero-order valence-corrected chi connectivity index (χ0v) is 16.7. The monoisotopic (exact) mass is 393 g/mol. The minimum absolute atomic E-state index is 0.0351. The van der Waals surface area contributed by atoms with E-state index < -0.39 is 0 Å². The summed E-state index contributed by atoms with van der Waals surface area (Å²) in [6.45, 7) is 3.64. The van der Waals surface area contributed by atoms with Gasteiger partial charge in [0, 0.05) is 26.1 Å². The second-order valence-corrected chi connectivity index (χ2v) is 7.31. The molecule has 0 atom stereocenters. The molecule has 1 aliphatic rings. The molecule has 3 amide bonds. The molecule has 2 aromatic rings. The lowest BCUT2D eigenvalue weighted by Gasteiger charge is -2.19. The Balaban J connectivity index is 1.53. The molecule has 1 fully saturated rings. The predicted octanol–water partition coefficient (Wildman–Crippen LogP) is 2.92. The summed E-state index contributed by atoms with van der Waals surface area (Å²) in [7, 11) is 0. The summed E-state index contributed by atoms with van der Waals surface area (Å²) in [6.07, 6.45) is 2.46. The summed E-state index contributed by atoms with van der Waals surface area (Å²) in [4.78, 5) is 39.1. The first-order valence-corrected chi connectivity index (χ1v) is 10.0. The van der Waals surface area contributed by atoms with Gasteiger partial charge in [0.05, 0.1) is 17.7 Å². The average molecular weight is 393 g/mol. The fraction of sp³-hybridized carbons (Fsp3) is 0.348. The van der Waals surface area contributed by atoms with Crippen molar-refractivity contribution in [2.45, 2.75) is 32.6 Å². The highest BCUT2D eigenvalue weighted by molar-refractivity contribution is 6.05. The molecule has 1 aliphatic heterocycles. The first-order valence-electron chi connectivity index (χ1n) is 10.0. The Bertz CT molecular complexity index is 874. The van der Waals surface area contributed by atoms with Crippen LogP contribution in [0.3, 0.4) is 0 Å². The molecule has 152 valence electrons. The summed E-state index contributed by atoms with van der Waals surface area (Å²) in [5, 5.41) is 5.61. The second-order valence-electron chi connectivity index (χ2n) is 7.31. The van der Waals surface area contributed by atoms with Crippen LogP contribution in [0.5, 0.6) is 0 Å². The number of benzene rings is 2. The number of carbonyl (C=O) groups excluding carboxylic acids is 3. The smallest absolute Gasteiger partial charge is 0.256 e. The van der Waals surface area contributed by atoms with Crippen molar-refractivity contribution in [1.82, 2.24) is 10.2 Å². The second kappa shape index (κ2) is 9.87. The molecule has 2 N–H and O–H groups in total. The van der Waals surface area contributed by atoms with Gasteiger partial charge >= 0.3 is 0 Å². The van der Waals surface area contributed by atoms with Gasteiger partial charge in [0.15, 0.2) is 0 Å². The topological polar surface area (TPSA) is 78.5 Å². The van der Waals surface area contributed by atoms with Crippen molar-refractivity contribution in [3.8, 4) is 0 Å². The maximum absolute atomic E-state index is 12.9. The van der Waals surface area contributed by atoms with Crippen LogP contribution in [-0.2, 0) is 16.0 Å². The van der Waals surface area contributed by atoms with E-state index in [1.807, 2.05) is 54.3 Å². The van der Waals surface area contributed by atoms with Gasteiger partial charge in [-0.05, 0) is 37.0 Å². The third-order valence-electron chi connectivity index (χ3n) is 5.04. The van der Waals surface area contributed by atoms with E-state index in [1.165, 1.54) is 0 Å². The van der Waals surface area contributed by atoms with Crippen LogP contribution in [0.4, 0.5) is 5.69 Å². The number of aryl methyl sites for hydroxylation is 1. The van der Waals surface area contributed by atoms with Crippen LogP contribution in [0.15, 0.2) is 48.5 Å². The quantitative estimate of drug-likeness (QED) is 0.759. The van der Waals surface area contributed by atoms with E-state index in [0.717, 1.165) is 37.1 Å². The van der Waals surface area contributed by atoms with Gasteiger partial charge in [-0.2, -0.15) is 0 Å². The Morgan fingerprint density at radius 1 is 0.931 bits per heavy atom. The number of carbonyl (C=O) groups is 3. The Labute approximate surface area is 171 Å². The van der Waals surface area contributed by atoms with Gasteiger partial charge in [0.1, 0.15) is 0 Å². The van der Waals surface area contributed by atoms with Crippen molar-refractivity contribution < 1.29 is 14.4 Å². The highest BCUT2D eigenvalue weighted by Gasteiger charge is 2.24. The molecular formula is C23H27N3O3. The van der Waals surface area contributed by atoms with Crippen molar-refractivity contribution in [3.63, 3.8) is 0 Å². The van der Waals surface area contributed by atoms with Crippen LogP contribution in [0, 0.1) is 6.92 Å². The van der Waals surface area contributed by atoms with Gasteiger partial charge < -0.3 is 15.5 Å². The fourth-order valence-electron chi connectivity index (χ4n) is 3.51. The molecule has 0 aromatic heterocycles. The fourth-order valence-corrected chi connectivity index (χ4v) is 3.51. The Morgan fingerprint density at radius 3 is 2.38 bits per heavy atom. The van der Waals surface area contributed by atoms with Gasteiger partial charge in [0.2, 0.25) is 11.8 Å². The third-order valence-corrected chi connectivity index (χ3v) is 5.04. The SMILES string of the molecule is Cc1cccc(NC(=O)CCNC(=O)Cc2ccccc2)c1C(=O)N1CCCC1. The van der Waals surface area contributed by atoms with E-state index in [0.29, 0.717) is 11.3 Å². The van der Waals surface area contributed by atoms with Crippen LogP contribution >= 0.6 is 0 Å². The Morgan fingerprint density at radius 2 is 1.66 bits per heavy atom. The summed E-state index contributed by atoms with van der Waals surface area (Å²) >= 11 is 0. The molecule has 6 heteroatoms. The molecule has 29 heavy (non-hydrogen) atoms. The molecule has 0 saturated carbocycles. The summed E-state index contributed by atoms with van der Waals surface area (Å²) in [6, 6.07) is 14.9. The molecule has 0 spiro atoms. The number of nitrogens with one attached hydrogen (secondary N) is 2. The number of nitrogens with zero attached hydrogens (tertiary/aromatic N) is 1. The zero-order valence-electron chi connectivity index (χ0n) is 16.7. The molecule has 0 aliphatic carbocycles. The number of hydrogen-bond donors (Lipinski definition) is 2. The van der Waals surface area contributed by atoms with Crippen molar-refractivity contribution in [3.05, 3.63) is 65.2 Å². The highest BCUT2D eigenvalue weighted by atomic mass is 16.2. The Hall–Kier alpha value is -3.15. The average Bonchev–Trinajstić information content (AvgIpc) is 3.23. The van der Waals surface area contributed by atoms with Crippen molar-refractivity contribution in [2.24, 2.45) is 0 Å². The number of likely N-dealkylation sites (tertiary alicyclic amines) is 1. The van der Waals surface area contributed by atoms with Gasteiger partial charge in [-0.25, -0.2) is 0 Å². The minimum Gasteiger partial charge on any atom is -0.355 e. The number of rotatable bonds is 7. The minimum atomic E-state index is -0.230. The molecule has 1 heterocycles. The predicted molar refractivity (Wildman–Crippen MR) is 113 cm³/mol. The van der Waals surface area contributed by atoms with E-state index in [2.05, 4.69) is 10.6 Å². The van der Waals surface area contributed by atoms with Gasteiger partial charge in [-0.3, -0.25) is 14.4 Å². The summed E-state index contributed by atoms with van der Waals surface area (Å²) in [5.41, 5.74) is 2.86. The molecule has 3 rings (SSSR count). The van der Waals surface area contributed by atoms with Gasteiger partial charge in [-0.15, -0.1) is 0 Å². The zero-order chi connectivity index (χ0) is 20.6. The van der Waals surface area contributed by atoms with E-state index in [9.17, 15) is 14.4 Å². The van der Waals surface area contributed by atoms with E-state index in [-0.39, 0.29) is 37.1 Å². The van der Waals surface area contributed by atoms with Gasteiger partial charge in [0.25, 0.3) is 5.91 Å². The summed E-state index contributed by atoms with van der Waals surface area (Å²) < 4.78 is 0. The van der Waals surface area contributed by atoms with Crippen LogP contribution in [-0.4, -0.2) is 42.3 Å². The normalized spacial score (nSPS) is 13.2. The van der Waals surface area contributed by atoms with Gasteiger partial charge in [-0.1, -0.05) is 42.5 Å². The van der Waals surface area contributed by atoms with Crippen molar-refractivity contribution in [2.75, 3.05) is 25.0 Å². The molecule has 0 radical (unpaired) electrons. The number of anilines is 1. The molecular weight excluding hydrogens is 366 g/mol. The molecule has 0 unspecified atom stereocenters. The molecule has 2 aromatic carbocycles. The van der Waals surface area contributed by atoms with Crippen LogP contribution < -0.4 is 10.6 Å². The van der Waals surface area contributed by atoms with Crippen LogP contribution in [0.2, 0.25) is 0 Å².